The maximum absolute atomic E-state index is 12.9. The lowest BCUT2D eigenvalue weighted by Gasteiger charge is -2.12. The molecule has 5 nitrogen and oxygen atoms in total. The van der Waals surface area contributed by atoms with Crippen molar-refractivity contribution in [2.45, 2.75) is 6.18 Å². The van der Waals surface area contributed by atoms with Crippen molar-refractivity contribution in [2.75, 3.05) is 0 Å². The van der Waals surface area contributed by atoms with Crippen LogP contribution in [-0.4, -0.2) is 15.5 Å². The van der Waals surface area contributed by atoms with E-state index in [0.29, 0.717) is 16.6 Å². The number of rotatable bonds is 2. The molecule has 0 unspecified atom stereocenters. The molecule has 2 aromatic carbocycles. The maximum Gasteiger partial charge on any atom is 0.431 e. The van der Waals surface area contributed by atoms with E-state index in [1.807, 2.05) is 0 Å². The molecule has 1 amide bonds. The zero-order chi connectivity index (χ0) is 19.3. The second kappa shape index (κ2) is 5.73. The van der Waals surface area contributed by atoms with Gasteiger partial charge in [-0.05, 0) is 30.3 Å². The van der Waals surface area contributed by atoms with Crippen molar-refractivity contribution in [3.63, 3.8) is 0 Å². The molecule has 2 heterocycles. The maximum atomic E-state index is 12.9. The second-order valence-electron chi connectivity index (χ2n) is 6.08. The van der Waals surface area contributed by atoms with E-state index >= 15 is 0 Å². The molecule has 2 aromatic heterocycles. The molecule has 4 rings (SSSR count). The normalized spacial score (nSPS) is 12.0. The highest BCUT2D eigenvalue weighted by molar-refractivity contribution is 5.96. The minimum atomic E-state index is -4.48. The number of pyridine rings is 1. The lowest BCUT2D eigenvalue weighted by Crippen LogP contribution is -2.23. The van der Waals surface area contributed by atoms with Gasteiger partial charge in [0.05, 0.1) is 5.52 Å². The Balaban J connectivity index is 2.00. The van der Waals surface area contributed by atoms with E-state index in [4.69, 9.17) is 5.73 Å². The number of benzene rings is 2. The molecular formula is C19H12F3N3O2. The number of nitrogens with zero attached hydrogens (tertiary/aromatic N) is 1. The molecule has 0 aliphatic rings. The fraction of sp³-hybridized carbons (Fsp3) is 0.0526. The highest BCUT2D eigenvalue weighted by Gasteiger charge is 2.32. The van der Waals surface area contributed by atoms with Crippen LogP contribution in [-0.2, 0) is 6.18 Å². The van der Waals surface area contributed by atoms with Gasteiger partial charge in [-0.1, -0.05) is 18.2 Å². The first-order valence-corrected chi connectivity index (χ1v) is 7.90. The van der Waals surface area contributed by atoms with Gasteiger partial charge in [0.2, 0.25) is 5.43 Å². The molecule has 27 heavy (non-hydrogen) atoms. The highest BCUT2D eigenvalue weighted by Crippen LogP contribution is 2.32. The fourth-order valence-corrected chi connectivity index (χ4v) is 3.08. The first-order chi connectivity index (χ1) is 12.8. The monoisotopic (exact) mass is 371 g/mol. The van der Waals surface area contributed by atoms with Gasteiger partial charge in [-0.2, -0.15) is 13.2 Å². The van der Waals surface area contributed by atoms with Gasteiger partial charge in [0.25, 0.3) is 5.91 Å². The fourth-order valence-electron chi connectivity index (χ4n) is 3.08. The van der Waals surface area contributed by atoms with Crippen molar-refractivity contribution < 1.29 is 18.0 Å². The quantitative estimate of drug-likeness (QED) is 0.565. The van der Waals surface area contributed by atoms with Crippen LogP contribution < -0.4 is 11.2 Å². The summed E-state index contributed by atoms with van der Waals surface area (Å²) in [5.41, 5.74) is 5.04. The molecule has 0 spiro atoms. The van der Waals surface area contributed by atoms with Crippen molar-refractivity contribution in [2.24, 2.45) is 5.73 Å². The number of hydrogen-bond acceptors (Lipinski definition) is 2. The number of fused-ring (bicyclic) bond motifs is 2. The summed E-state index contributed by atoms with van der Waals surface area (Å²) >= 11 is 0. The number of carbonyl (C=O) groups excluding carboxylic acids is 1. The van der Waals surface area contributed by atoms with Gasteiger partial charge in [-0.15, -0.1) is 0 Å². The Bertz CT molecular complexity index is 1270. The number of amides is 1. The summed E-state index contributed by atoms with van der Waals surface area (Å²) in [5, 5.41) is 0.683. The third-order valence-electron chi connectivity index (χ3n) is 4.37. The molecule has 0 aliphatic carbocycles. The Morgan fingerprint density at radius 2 is 1.81 bits per heavy atom. The van der Waals surface area contributed by atoms with E-state index in [-0.39, 0.29) is 16.5 Å². The Kier molecular flexibility index (Phi) is 3.59. The van der Waals surface area contributed by atoms with Gasteiger partial charge in [0.1, 0.15) is 11.3 Å². The Morgan fingerprint density at radius 3 is 2.52 bits per heavy atom. The van der Waals surface area contributed by atoms with Crippen LogP contribution in [0.5, 0.6) is 0 Å². The lowest BCUT2D eigenvalue weighted by molar-refractivity contribution is -0.140. The predicted octanol–water partition coefficient (Wildman–Crippen LogP) is 3.59. The zero-order valence-corrected chi connectivity index (χ0v) is 13.7. The third-order valence-corrected chi connectivity index (χ3v) is 4.37. The molecule has 0 saturated heterocycles. The standard InChI is InChI=1S/C19H12F3N3O2/c20-19(21,22)16-7-10-5-6-11(8-14(10)24-16)25-9-13(18(23)27)17(26)12-3-1-2-4-15(12)25/h1-9,24H,(H2,23,27). The van der Waals surface area contributed by atoms with Crippen LogP contribution in [0.4, 0.5) is 13.2 Å². The number of aromatic amines is 1. The molecule has 0 atom stereocenters. The van der Waals surface area contributed by atoms with Crippen LogP contribution in [0.25, 0.3) is 27.5 Å². The number of halogens is 3. The topological polar surface area (TPSA) is 80.9 Å². The predicted molar refractivity (Wildman–Crippen MR) is 94.9 cm³/mol. The molecule has 0 saturated carbocycles. The summed E-state index contributed by atoms with van der Waals surface area (Å²) in [6.45, 7) is 0. The SMILES string of the molecule is NC(=O)c1cn(-c2ccc3cc(C(F)(F)F)[nH]c3c2)c2ccccc2c1=O. The molecule has 136 valence electrons. The van der Waals surface area contributed by atoms with E-state index in [2.05, 4.69) is 4.98 Å². The number of alkyl halides is 3. The number of H-pyrrole nitrogens is 1. The molecule has 0 bridgehead atoms. The van der Waals surface area contributed by atoms with Gasteiger partial charge < -0.3 is 15.3 Å². The van der Waals surface area contributed by atoms with Crippen LogP contribution >= 0.6 is 0 Å². The first kappa shape index (κ1) is 16.9. The Morgan fingerprint density at radius 1 is 1.07 bits per heavy atom. The Labute approximate surface area is 149 Å². The van der Waals surface area contributed by atoms with Crippen LogP contribution in [0, 0.1) is 0 Å². The van der Waals surface area contributed by atoms with Crippen LogP contribution in [0.15, 0.2) is 59.5 Å². The van der Waals surface area contributed by atoms with Gasteiger partial charge in [0, 0.05) is 28.2 Å². The largest absolute Gasteiger partial charge is 0.431 e. The van der Waals surface area contributed by atoms with Crippen LogP contribution in [0.2, 0.25) is 0 Å². The lowest BCUT2D eigenvalue weighted by atomic mass is 10.1. The van der Waals surface area contributed by atoms with Crippen LogP contribution in [0.1, 0.15) is 16.1 Å². The summed E-state index contributed by atoms with van der Waals surface area (Å²) in [6, 6.07) is 12.3. The van der Waals surface area contributed by atoms with E-state index in [9.17, 15) is 22.8 Å². The molecule has 0 radical (unpaired) electrons. The van der Waals surface area contributed by atoms with Gasteiger partial charge in [-0.25, -0.2) is 0 Å². The number of hydrogen-bond donors (Lipinski definition) is 2. The molecule has 4 aromatic rings. The minimum Gasteiger partial charge on any atom is -0.365 e. The van der Waals surface area contributed by atoms with Crippen molar-refractivity contribution in [1.29, 1.82) is 0 Å². The Hall–Kier alpha value is -3.55. The zero-order valence-electron chi connectivity index (χ0n) is 13.7. The molecule has 0 fully saturated rings. The summed E-state index contributed by atoms with van der Waals surface area (Å²) in [6.07, 6.45) is -3.18. The van der Waals surface area contributed by atoms with Crippen LogP contribution in [0.3, 0.4) is 0 Å². The summed E-state index contributed by atoms with van der Waals surface area (Å²) in [7, 11) is 0. The average Bonchev–Trinajstić information content (AvgIpc) is 3.05. The summed E-state index contributed by atoms with van der Waals surface area (Å²) in [4.78, 5) is 26.4. The molecule has 3 N–H and O–H groups in total. The van der Waals surface area contributed by atoms with Gasteiger partial charge in [-0.3, -0.25) is 9.59 Å². The number of aromatic nitrogens is 2. The number of carbonyl (C=O) groups is 1. The van der Waals surface area contributed by atoms with E-state index in [1.165, 1.54) is 18.3 Å². The van der Waals surface area contributed by atoms with E-state index < -0.39 is 23.2 Å². The van der Waals surface area contributed by atoms with Crippen molar-refractivity contribution in [3.05, 3.63) is 76.2 Å². The molecule has 8 heteroatoms. The third kappa shape index (κ3) is 2.75. The number of para-hydroxylation sites is 1. The van der Waals surface area contributed by atoms with E-state index in [0.717, 1.165) is 6.07 Å². The number of nitrogens with two attached hydrogens (primary N) is 1. The van der Waals surface area contributed by atoms with Gasteiger partial charge >= 0.3 is 6.18 Å². The average molecular weight is 371 g/mol. The van der Waals surface area contributed by atoms with E-state index in [1.54, 1.807) is 34.9 Å². The summed E-state index contributed by atoms with van der Waals surface area (Å²) in [5.74, 6) is -0.875. The molecular weight excluding hydrogens is 359 g/mol. The first-order valence-electron chi connectivity index (χ1n) is 7.90. The van der Waals surface area contributed by atoms with Crippen molar-refractivity contribution in [1.82, 2.24) is 9.55 Å². The van der Waals surface area contributed by atoms with Crippen molar-refractivity contribution >= 4 is 27.7 Å². The number of nitrogens with one attached hydrogen (secondary N) is 1. The summed E-state index contributed by atoms with van der Waals surface area (Å²) < 4.78 is 40.3. The van der Waals surface area contributed by atoms with Crippen molar-refractivity contribution in [3.8, 4) is 5.69 Å². The number of primary amides is 1. The minimum absolute atomic E-state index is 0.198. The second-order valence-corrected chi connectivity index (χ2v) is 6.08. The smallest absolute Gasteiger partial charge is 0.365 e. The molecule has 0 aliphatic heterocycles. The van der Waals surface area contributed by atoms with Gasteiger partial charge in [0.15, 0.2) is 0 Å². The highest BCUT2D eigenvalue weighted by atomic mass is 19.4.